The van der Waals surface area contributed by atoms with Gasteiger partial charge in [0.2, 0.25) is 11.9 Å². The predicted octanol–water partition coefficient (Wildman–Crippen LogP) is 3.86. The fraction of sp³-hybridized carbons (Fsp3) is 0.393. The van der Waals surface area contributed by atoms with Crippen LogP contribution in [0.4, 0.5) is 25.1 Å². The van der Waals surface area contributed by atoms with Gasteiger partial charge in [0, 0.05) is 24.5 Å². The number of hydrogen-bond donors (Lipinski definition) is 4. The van der Waals surface area contributed by atoms with E-state index in [-0.39, 0.29) is 24.2 Å². The fourth-order valence-electron chi connectivity index (χ4n) is 4.07. The van der Waals surface area contributed by atoms with E-state index in [1.165, 1.54) is 0 Å². The Balaban J connectivity index is 0.000000676. The van der Waals surface area contributed by atoms with Crippen molar-refractivity contribution < 1.29 is 42.4 Å². The number of nitrogens with one attached hydrogen (secondary N) is 2. The van der Waals surface area contributed by atoms with Crippen LogP contribution in [0.2, 0.25) is 0 Å². The first-order valence-electron chi connectivity index (χ1n) is 13.2. The molecule has 2 aromatic carbocycles. The summed E-state index contributed by atoms with van der Waals surface area (Å²) in [5, 5.41) is 20.8. The third-order valence-corrected chi connectivity index (χ3v) is 6.04. The largest absolute Gasteiger partial charge is 0.493 e. The number of anilines is 2. The van der Waals surface area contributed by atoms with Crippen LogP contribution in [0.15, 0.2) is 35.1 Å². The fourth-order valence-corrected chi connectivity index (χ4v) is 4.07. The minimum absolute atomic E-state index is 0.0270. The van der Waals surface area contributed by atoms with Crippen LogP contribution in [0.5, 0.6) is 17.2 Å². The second-order valence-corrected chi connectivity index (χ2v) is 9.84. The van der Waals surface area contributed by atoms with Crippen molar-refractivity contribution in [2.24, 2.45) is 5.92 Å². The van der Waals surface area contributed by atoms with Crippen LogP contribution in [-0.2, 0) is 4.79 Å². The number of alkyl halides is 3. The zero-order valence-corrected chi connectivity index (χ0v) is 24.7. The van der Waals surface area contributed by atoms with Gasteiger partial charge < -0.3 is 24.4 Å². The molecule has 0 saturated carbocycles. The molecule has 4 aromatic rings. The highest BCUT2D eigenvalue weighted by Gasteiger charge is 2.38. The number of nitrogens with zero attached hydrogens (tertiary/aromatic N) is 4. The van der Waals surface area contributed by atoms with Crippen molar-refractivity contribution in [3.05, 3.63) is 46.4 Å². The molecule has 44 heavy (non-hydrogen) atoms. The summed E-state index contributed by atoms with van der Waals surface area (Å²) in [6.45, 7) is 7.77. The van der Waals surface area contributed by atoms with Crippen molar-refractivity contribution in [1.82, 2.24) is 24.8 Å². The zero-order chi connectivity index (χ0) is 32.6. The molecule has 0 aliphatic heterocycles. The Bertz CT molecular complexity index is 1660. The Morgan fingerprint density at radius 2 is 1.70 bits per heavy atom. The van der Waals surface area contributed by atoms with Gasteiger partial charge >= 0.3 is 12.1 Å². The molecular weight excluding hydrogens is 589 g/mol. The number of carboxylic acids is 1. The van der Waals surface area contributed by atoms with Gasteiger partial charge in [0.05, 0.1) is 43.1 Å². The number of rotatable bonds is 11. The molecule has 0 atom stereocenters. The van der Waals surface area contributed by atoms with E-state index in [2.05, 4.69) is 39.1 Å². The van der Waals surface area contributed by atoms with E-state index in [4.69, 9.17) is 24.1 Å². The summed E-state index contributed by atoms with van der Waals surface area (Å²) in [6.07, 6.45) is -5.08. The molecule has 0 bridgehead atoms. The van der Waals surface area contributed by atoms with Crippen LogP contribution in [0.25, 0.3) is 21.8 Å². The molecule has 238 valence electrons. The highest BCUT2D eigenvalue weighted by atomic mass is 19.4. The quantitative estimate of drug-likeness (QED) is 0.178. The number of fused-ring (bicyclic) bond motifs is 2. The first-order valence-corrected chi connectivity index (χ1v) is 13.2. The predicted molar refractivity (Wildman–Crippen MR) is 156 cm³/mol. The maximum absolute atomic E-state index is 12.8. The number of aliphatic hydroxyl groups is 1. The Kier molecular flexibility index (Phi) is 11.3. The highest BCUT2D eigenvalue weighted by Crippen LogP contribution is 2.33. The summed E-state index contributed by atoms with van der Waals surface area (Å²) in [7, 11) is 3.14. The van der Waals surface area contributed by atoms with Gasteiger partial charge in [-0.05, 0) is 37.1 Å². The number of carboxylic acid groups (broad SMARTS) is 1. The SMILES string of the molecule is COc1cc2nc(Nc3nc4ccc(OCCN(CO)CC(C)C)cc4c(=O)[nH]3)nc(C)c2cc1OC.O=C(O)C(F)(F)F. The summed E-state index contributed by atoms with van der Waals surface area (Å²) in [5.74, 6) is -0.109. The minimum atomic E-state index is -5.08. The Labute approximate surface area is 249 Å². The molecule has 2 heterocycles. The Morgan fingerprint density at radius 3 is 2.30 bits per heavy atom. The van der Waals surface area contributed by atoms with Gasteiger partial charge in [-0.15, -0.1) is 0 Å². The summed E-state index contributed by atoms with van der Waals surface area (Å²) >= 11 is 0. The summed E-state index contributed by atoms with van der Waals surface area (Å²) < 4.78 is 48.3. The maximum Gasteiger partial charge on any atom is 0.490 e. The number of aryl methyl sites for hydroxylation is 1. The van der Waals surface area contributed by atoms with E-state index in [1.807, 2.05) is 17.9 Å². The zero-order valence-electron chi connectivity index (χ0n) is 24.7. The lowest BCUT2D eigenvalue weighted by molar-refractivity contribution is -0.192. The van der Waals surface area contributed by atoms with E-state index < -0.39 is 12.1 Å². The normalized spacial score (nSPS) is 11.4. The number of benzene rings is 2. The second-order valence-electron chi connectivity index (χ2n) is 9.84. The van der Waals surface area contributed by atoms with Crippen molar-refractivity contribution in [3.8, 4) is 17.2 Å². The van der Waals surface area contributed by atoms with Crippen molar-refractivity contribution in [3.63, 3.8) is 0 Å². The summed E-state index contributed by atoms with van der Waals surface area (Å²) in [5.41, 5.74) is 1.57. The molecule has 13 nitrogen and oxygen atoms in total. The van der Waals surface area contributed by atoms with E-state index in [9.17, 15) is 23.1 Å². The monoisotopic (exact) mass is 622 g/mol. The van der Waals surface area contributed by atoms with Crippen LogP contribution >= 0.6 is 0 Å². The van der Waals surface area contributed by atoms with E-state index in [0.29, 0.717) is 52.7 Å². The van der Waals surface area contributed by atoms with Crippen LogP contribution in [-0.4, -0.2) is 87.8 Å². The van der Waals surface area contributed by atoms with E-state index >= 15 is 0 Å². The molecule has 0 radical (unpaired) electrons. The number of carbonyl (C=O) groups is 1. The topological polar surface area (TPSA) is 172 Å². The summed E-state index contributed by atoms with van der Waals surface area (Å²) in [6, 6.07) is 8.75. The minimum Gasteiger partial charge on any atom is -0.493 e. The first kappa shape index (κ1) is 33.8. The molecule has 0 aliphatic rings. The first-order chi connectivity index (χ1) is 20.7. The van der Waals surface area contributed by atoms with Crippen molar-refractivity contribution in [2.75, 3.05) is 46.0 Å². The van der Waals surface area contributed by atoms with Crippen LogP contribution < -0.4 is 25.1 Å². The van der Waals surface area contributed by atoms with Crippen molar-refractivity contribution in [1.29, 1.82) is 0 Å². The van der Waals surface area contributed by atoms with Gasteiger partial charge in [-0.1, -0.05) is 13.8 Å². The standard InChI is InChI=1S/C26H32N6O5.C2HF3O2/c1-15(2)13-32(14-33)8-9-37-17-6-7-20-19(10-17)24(34)30-26(28-20)31-25-27-16(3)18-11-22(35-4)23(36-5)12-21(18)29-25;3-2(4,5)1(6)7/h6-7,10-12,15,33H,8-9,13-14H2,1-5H3,(H2,27,28,29,30,31,34);(H,6,7). The highest BCUT2D eigenvalue weighted by molar-refractivity contribution is 5.86. The number of aliphatic hydroxyl groups excluding tert-OH is 1. The summed E-state index contributed by atoms with van der Waals surface area (Å²) in [4.78, 5) is 39.9. The molecule has 0 saturated heterocycles. The number of aromatic amines is 1. The van der Waals surface area contributed by atoms with Gasteiger partial charge in [0.15, 0.2) is 11.5 Å². The van der Waals surface area contributed by atoms with Crippen LogP contribution in [0.3, 0.4) is 0 Å². The molecule has 0 fully saturated rings. The lowest BCUT2D eigenvalue weighted by Gasteiger charge is -2.21. The third-order valence-electron chi connectivity index (χ3n) is 6.04. The average Bonchev–Trinajstić information content (AvgIpc) is 2.96. The number of halogens is 3. The second kappa shape index (κ2) is 14.7. The molecule has 4 N–H and O–H groups in total. The van der Waals surface area contributed by atoms with Crippen molar-refractivity contribution in [2.45, 2.75) is 26.9 Å². The van der Waals surface area contributed by atoms with E-state index in [1.54, 1.807) is 38.5 Å². The number of aliphatic carboxylic acids is 1. The molecule has 0 aliphatic carbocycles. The Hall–Kier alpha value is -4.70. The van der Waals surface area contributed by atoms with Gasteiger partial charge in [-0.25, -0.2) is 19.7 Å². The molecule has 2 aromatic heterocycles. The lowest BCUT2D eigenvalue weighted by Crippen LogP contribution is -2.32. The molecular formula is C28H33F3N6O7. The molecule has 0 unspecified atom stereocenters. The van der Waals surface area contributed by atoms with E-state index in [0.717, 1.165) is 17.6 Å². The van der Waals surface area contributed by atoms with Gasteiger partial charge in [0.25, 0.3) is 5.56 Å². The maximum atomic E-state index is 12.8. The third kappa shape index (κ3) is 8.90. The smallest absolute Gasteiger partial charge is 0.490 e. The lowest BCUT2D eigenvalue weighted by atomic mass is 10.1. The van der Waals surface area contributed by atoms with Crippen LogP contribution in [0.1, 0.15) is 19.5 Å². The molecule has 0 spiro atoms. The average molecular weight is 623 g/mol. The van der Waals surface area contributed by atoms with Gasteiger partial charge in [0.1, 0.15) is 12.4 Å². The number of aromatic nitrogens is 4. The van der Waals surface area contributed by atoms with Crippen LogP contribution in [0, 0.1) is 12.8 Å². The van der Waals surface area contributed by atoms with Gasteiger partial charge in [-0.2, -0.15) is 13.2 Å². The van der Waals surface area contributed by atoms with Crippen molar-refractivity contribution >= 4 is 39.7 Å². The number of ether oxygens (including phenoxy) is 3. The molecule has 4 rings (SSSR count). The Morgan fingerprint density at radius 1 is 1.05 bits per heavy atom. The molecule has 0 amide bonds. The number of methoxy groups -OCH3 is 2. The van der Waals surface area contributed by atoms with Gasteiger partial charge in [-0.3, -0.25) is 20.0 Å². The molecule has 16 heteroatoms. The number of hydrogen-bond acceptors (Lipinski definition) is 11. The number of H-pyrrole nitrogens is 1.